The molecule has 1 aliphatic heterocycles. The SMILES string of the molecule is O=C(Nc1ccccc1)C1=NOC(c2ccccc2)C1c1ccccc1. The molecule has 1 aliphatic rings. The average molecular weight is 342 g/mol. The molecule has 0 spiro atoms. The van der Waals surface area contributed by atoms with Gasteiger partial charge in [-0.15, -0.1) is 0 Å². The Hall–Kier alpha value is -3.40. The number of anilines is 1. The van der Waals surface area contributed by atoms with Crippen LogP contribution < -0.4 is 5.32 Å². The molecule has 2 unspecified atom stereocenters. The first-order valence-electron chi connectivity index (χ1n) is 8.53. The van der Waals surface area contributed by atoms with E-state index in [2.05, 4.69) is 10.5 Å². The normalized spacial score (nSPS) is 18.7. The molecular weight excluding hydrogens is 324 g/mol. The molecule has 0 saturated heterocycles. The molecule has 0 bridgehead atoms. The fraction of sp³-hybridized carbons (Fsp3) is 0.0909. The van der Waals surface area contributed by atoms with Crippen molar-refractivity contribution in [2.45, 2.75) is 12.0 Å². The largest absolute Gasteiger partial charge is 0.386 e. The summed E-state index contributed by atoms with van der Waals surface area (Å²) in [7, 11) is 0. The maximum atomic E-state index is 12.9. The lowest BCUT2D eigenvalue weighted by Crippen LogP contribution is -2.28. The van der Waals surface area contributed by atoms with Crippen LogP contribution in [-0.4, -0.2) is 11.6 Å². The van der Waals surface area contributed by atoms with Crippen LogP contribution in [0.15, 0.2) is 96.2 Å². The lowest BCUT2D eigenvalue weighted by atomic mass is 9.85. The molecule has 4 rings (SSSR count). The van der Waals surface area contributed by atoms with Gasteiger partial charge in [0.15, 0.2) is 11.8 Å². The standard InChI is InChI=1S/C22H18N2O2/c25-22(23-18-14-8-3-9-15-18)20-19(16-10-4-1-5-11-16)21(26-24-20)17-12-6-2-7-13-17/h1-15,19,21H,(H,23,25). The van der Waals surface area contributed by atoms with Gasteiger partial charge in [-0.25, -0.2) is 0 Å². The number of amides is 1. The summed E-state index contributed by atoms with van der Waals surface area (Å²) in [6.45, 7) is 0. The number of carbonyl (C=O) groups is 1. The highest BCUT2D eigenvalue weighted by Gasteiger charge is 2.40. The molecule has 3 aromatic carbocycles. The van der Waals surface area contributed by atoms with E-state index in [0.29, 0.717) is 5.71 Å². The minimum Gasteiger partial charge on any atom is -0.386 e. The molecule has 0 aliphatic carbocycles. The number of rotatable bonds is 4. The summed E-state index contributed by atoms with van der Waals surface area (Å²) < 4.78 is 0. The monoisotopic (exact) mass is 342 g/mol. The van der Waals surface area contributed by atoms with Gasteiger partial charge in [0.25, 0.3) is 5.91 Å². The van der Waals surface area contributed by atoms with Crippen LogP contribution in [0.1, 0.15) is 23.1 Å². The Balaban J connectivity index is 1.66. The average Bonchev–Trinajstić information content (AvgIpc) is 3.15. The second kappa shape index (κ2) is 7.23. The predicted molar refractivity (Wildman–Crippen MR) is 102 cm³/mol. The highest BCUT2D eigenvalue weighted by atomic mass is 16.6. The Labute approximate surface area is 152 Å². The molecule has 2 atom stereocenters. The first-order chi connectivity index (χ1) is 12.8. The van der Waals surface area contributed by atoms with E-state index >= 15 is 0 Å². The highest BCUT2D eigenvalue weighted by Crippen LogP contribution is 2.40. The van der Waals surface area contributed by atoms with Crippen molar-refractivity contribution in [2.75, 3.05) is 5.32 Å². The van der Waals surface area contributed by atoms with Crippen LogP contribution in [-0.2, 0) is 9.63 Å². The van der Waals surface area contributed by atoms with Crippen LogP contribution in [0.25, 0.3) is 0 Å². The van der Waals surface area contributed by atoms with E-state index in [1.54, 1.807) is 0 Å². The summed E-state index contributed by atoms with van der Waals surface area (Å²) in [4.78, 5) is 18.6. The molecule has 0 aromatic heterocycles. The fourth-order valence-electron chi connectivity index (χ4n) is 3.16. The molecular formula is C22H18N2O2. The lowest BCUT2D eigenvalue weighted by Gasteiger charge is -2.19. The number of carbonyl (C=O) groups excluding carboxylic acids is 1. The van der Waals surface area contributed by atoms with E-state index in [9.17, 15) is 4.79 Å². The zero-order chi connectivity index (χ0) is 17.8. The first-order valence-corrected chi connectivity index (χ1v) is 8.53. The molecule has 1 amide bonds. The molecule has 4 nitrogen and oxygen atoms in total. The van der Waals surface area contributed by atoms with Gasteiger partial charge >= 0.3 is 0 Å². The quantitative estimate of drug-likeness (QED) is 0.757. The number of nitrogens with one attached hydrogen (secondary N) is 1. The third kappa shape index (κ3) is 3.22. The fourth-order valence-corrected chi connectivity index (χ4v) is 3.16. The minimum absolute atomic E-state index is 0.247. The second-order valence-electron chi connectivity index (χ2n) is 6.12. The third-order valence-electron chi connectivity index (χ3n) is 4.41. The van der Waals surface area contributed by atoms with Crippen LogP contribution in [0.3, 0.4) is 0 Å². The van der Waals surface area contributed by atoms with Gasteiger partial charge in [-0.05, 0) is 23.3 Å². The smallest absolute Gasteiger partial charge is 0.274 e. The second-order valence-corrected chi connectivity index (χ2v) is 6.12. The summed E-state index contributed by atoms with van der Waals surface area (Å²) in [5.41, 5.74) is 3.11. The van der Waals surface area contributed by atoms with Crippen LogP contribution in [0.5, 0.6) is 0 Å². The summed E-state index contributed by atoms with van der Waals surface area (Å²) >= 11 is 0. The number of benzene rings is 3. The van der Waals surface area contributed by atoms with Gasteiger partial charge in [0.2, 0.25) is 0 Å². The summed E-state index contributed by atoms with van der Waals surface area (Å²) in [6, 6.07) is 29.1. The van der Waals surface area contributed by atoms with Gasteiger partial charge in [0, 0.05) is 5.69 Å². The van der Waals surface area contributed by atoms with Crippen LogP contribution in [0.4, 0.5) is 5.69 Å². The van der Waals surface area contributed by atoms with Gasteiger partial charge in [-0.1, -0.05) is 84.0 Å². The van der Waals surface area contributed by atoms with E-state index in [1.807, 2.05) is 91.0 Å². The van der Waals surface area contributed by atoms with Crippen molar-refractivity contribution in [3.05, 3.63) is 102 Å². The van der Waals surface area contributed by atoms with Crippen molar-refractivity contribution in [2.24, 2.45) is 5.16 Å². The number of para-hydroxylation sites is 1. The molecule has 4 heteroatoms. The van der Waals surface area contributed by atoms with Crippen molar-refractivity contribution >= 4 is 17.3 Å². The molecule has 3 aromatic rings. The summed E-state index contributed by atoms with van der Waals surface area (Å²) in [6.07, 6.45) is -0.324. The van der Waals surface area contributed by atoms with Gasteiger partial charge in [0.1, 0.15) is 0 Å². The molecule has 0 saturated carbocycles. The van der Waals surface area contributed by atoms with Crippen LogP contribution in [0, 0.1) is 0 Å². The Morgan fingerprint density at radius 3 is 1.92 bits per heavy atom. The number of nitrogens with zero attached hydrogens (tertiary/aromatic N) is 1. The summed E-state index contributed by atoms with van der Waals surface area (Å²) in [5, 5.41) is 7.06. The van der Waals surface area contributed by atoms with Crippen LogP contribution in [0.2, 0.25) is 0 Å². The van der Waals surface area contributed by atoms with Gasteiger partial charge in [-0.3, -0.25) is 4.79 Å². The van der Waals surface area contributed by atoms with E-state index in [1.165, 1.54) is 0 Å². The number of oxime groups is 1. The molecule has 0 fully saturated rings. The zero-order valence-corrected chi connectivity index (χ0v) is 14.1. The van der Waals surface area contributed by atoms with E-state index in [4.69, 9.17) is 4.84 Å². The van der Waals surface area contributed by atoms with Crippen molar-refractivity contribution in [3.63, 3.8) is 0 Å². The maximum Gasteiger partial charge on any atom is 0.274 e. The summed E-state index contributed by atoms with van der Waals surface area (Å²) in [5.74, 6) is -0.509. The number of hydrogen-bond acceptors (Lipinski definition) is 3. The predicted octanol–water partition coefficient (Wildman–Crippen LogP) is 4.54. The van der Waals surface area contributed by atoms with Gasteiger partial charge in [-0.2, -0.15) is 0 Å². The molecule has 26 heavy (non-hydrogen) atoms. The third-order valence-corrected chi connectivity index (χ3v) is 4.41. The van der Waals surface area contributed by atoms with Crippen LogP contribution >= 0.6 is 0 Å². The molecule has 1 N–H and O–H groups in total. The highest BCUT2D eigenvalue weighted by molar-refractivity contribution is 6.45. The first kappa shape index (κ1) is 16.1. The lowest BCUT2D eigenvalue weighted by molar-refractivity contribution is -0.110. The molecule has 1 heterocycles. The van der Waals surface area contributed by atoms with Crippen molar-refractivity contribution in [3.8, 4) is 0 Å². The topological polar surface area (TPSA) is 50.7 Å². The molecule has 0 radical (unpaired) electrons. The van der Waals surface area contributed by atoms with E-state index in [0.717, 1.165) is 16.8 Å². The molecule has 128 valence electrons. The van der Waals surface area contributed by atoms with Crippen molar-refractivity contribution < 1.29 is 9.63 Å². The van der Waals surface area contributed by atoms with Crippen molar-refractivity contribution in [1.82, 2.24) is 0 Å². The van der Waals surface area contributed by atoms with Gasteiger partial charge < -0.3 is 10.2 Å². The Bertz CT molecular complexity index is 909. The van der Waals surface area contributed by atoms with Gasteiger partial charge in [0.05, 0.1) is 5.92 Å². The Morgan fingerprint density at radius 1 is 0.769 bits per heavy atom. The Kier molecular flexibility index (Phi) is 4.48. The zero-order valence-electron chi connectivity index (χ0n) is 14.1. The van der Waals surface area contributed by atoms with E-state index in [-0.39, 0.29) is 17.9 Å². The maximum absolute atomic E-state index is 12.9. The Morgan fingerprint density at radius 2 is 1.31 bits per heavy atom. The minimum atomic E-state index is -0.324. The number of hydrogen-bond donors (Lipinski definition) is 1. The van der Waals surface area contributed by atoms with E-state index < -0.39 is 0 Å². The van der Waals surface area contributed by atoms with Crippen molar-refractivity contribution in [1.29, 1.82) is 0 Å².